The summed E-state index contributed by atoms with van der Waals surface area (Å²) in [5.41, 5.74) is 0.577. The maximum atomic E-state index is 10.3. The Balaban J connectivity index is 2.02. The van der Waals surface area contributed by atoms with Gasteiger partial charge in [0.05, 0.1) is 19.8 Å². The molecule has 1 aliphatic rings. The van der Waals surface area contributed by atoms with Crippen LogP contribution in [-0.4, -0.2) is 76.1 Å². The molecule has 1 fully saturated rings. The standard InChI is InChI=1S/C16H24O8/c1-8(12(18)9-3-5-10(22-2)6-4-9)23-16-15(21)14(20)13(19)11(7-17)24-16/h3-6,8,11-21H,7H2,1-2H3/t8-,11+,12-,13-,14-,15+,16+/m1/s1. The molecule has 0 bridgehead atoms. The molecule has 1 saturated heterocycles. The molecule has 136 valence electrons. The average molecular weight is 344 g/mol. The Hall–Kier alpha value is -1.26. The fourth-order valence-electron chi connectivity index (χ4n) is 2.54. The molecular formula is C16H24O8. The zero-order valence-electron chi connectivity index (χ0n) is 13.5. The first-order chi connectivity index (χ1) is 11.4. The summed E-state index contributed by atoms with van der Waals surface area (Å²) in [6.07, 6.45) is -8.61. The number of aliphatic hydroxyl groups excluding tert-OH is 5. The quantitative estimate of drug-likeness (QED) is 0.441. The van der Waals surface area contributed by atoms with Gasteiger partial charge in [-0.3, -0.25) is 0 Å². The second-order valence-electron chi connectivity index (χ2n) is 5.76. The van der Waals surface area contributed by atoms with Crippen molar-refractivity contribution in [3.63, 3.8) is 0 Å². The third-order valence-electron chi connectivity index (χ3n) is 4.10. The molecule has 0 radical (unpaired) electrons. The highest BCUT2D eigenvalue weighted by molar-refractivity contribution is 5.28. The fraction of sp³-hybridized carbons (Fsp3) is 0.625. The highest BCUT2D eigenvalue weighted by atomic mass is 16.7. The summed E-state index contributed by atoms with van der Waals surface area (Å²) in [5, 5.41) is 48.9. The minimum atomic E-state index is -1.52. The summed E-state index contributed by atoms with van der Waals surface area (Å²) < 4.78 is 15.8. The van der Waals surface area contributed by atoms with Crippen molar-refractivity contribution in [2.24, 2.45) is 0 Å². The summed E-state index contributed by atoms with van der Waals surface area (Å²) >= 11 is 0. The van der Waals surface area contributed by atoms with Gasteiger partial charge in [0, 0.05) is 0 Å². The normalized spacial score (nSPS) is 33.0. The van der Waals surface area contributed by atoms with Gasteiger partial charge in [-0.2, -0.15) is 0 Å². The molecule has 5 N–H and O–H groups in total. The van der Waals surface area contributed by atoms with Crippen LogP contribution in [0.1, 0.15) is 18.6 Å². The maximum Gasteiger partial charge on any atom is 0.187 e. The van der Waals surface area contributed by atoms with Gasteiger partial charge in [-0.25, -0.2) is 0 Å². The molecule has 0 spiro atoms. The largest absolute Gasteiger partial charge is 0.497 e. The maximum absolute atomic E-state index is 10.3. The van der Waals surface area contributed by atoms with E-state index in [-0.39, 0.29) is 0 Å². The Kier molecular flexibility index (Phi) is 6.53. The predicted molar refractivity (Wildman–Crippen MR) is 82.3 cm³/mol. The fourth-order valence-corrected chi connectivity index (χ4v) is 2.54. The Morgan fingerprint density at radius 1 is 1.08 bits per heavy atom. The van der Waals surface area contributed by atoms with Gasteiger partial charge in [0.1, 0.15) is 36.3 Å². The first kappa shape index (κ1) is 19.1. The first-order valence-electron chi connectivity index (χ1n) is 7.67. The van der Waals surface area contributed by atoms with Gasteiger partial charge >= 0.3 is 0 Å². The molecule has 1 heterocycles. The van der Waals surface area contributed by atoms with Crippen LogP contribution in [0.15, 0.2) is 24.3 Å². The van der Waals surface area contributed by atoms with Crippen molar-refractivity contribution in [1.29, 1.82) is 0 Å². The molecule has 1 aromatic carbocycles. The lowest BCUT2D eigenvalue weighted by Crippen LogP contribution is -2.59. The number of rotatable bonds is 6. The summed E-state index contributed by atoms with van der Waals surface area (Å²) in [7, 11) is 1.54. The van der Waals surface area contributed by atoms with Crippen LogP contribution in [0.25, 0.3) is 0 Å². The van der Waals surface area contributed by atoms with Crippen LogP contribution in [0.2, 0.25) is 0 Å². The molecule has 8 heteroatoms. The van der Waals surface area contributed by atoms with E-state index in [1.54, 1.807) is 31.2 Å². The van der Waals surface area contributed by atoms with Crippen molar-refractivity contribution in [3.05, 3.63) is 29.8 Å². The van der Waals surface area contributed by atoms with Gasteiger partial charge in [-0.1, -0.05) is 12.1 Å². The molecule has 2 rings (SSSR count). The van der Waals surface area contributed by atoms with Crippen molar-refractivity contribution >= 4 is 0 Å². The van der Waals surface area contributed by atoms with Crippen molar-refractivity contribution in [2.45, 2.75) is 49.8 Å². The second kappa shape index (κ2) is 8.21. The van der Waals surface area contributed by atoms with Gasteiger partial charge < -0.3 is 39.7 Å². The Morgan fingerprint density at radius 2 is 1.71 bits per heavy atom. The van der Waals surface area contributed by atoms with Gasteiger partial charge in [-0.15, -0.1) is 0 Å². The lowest BCUT2D eigenvalue weighted by Gasteiger charge is -2.41. The molecule has 0 saturated carbocycles. The van der Waals surface area contributed by atoms with Crippen LogP contribution in [0.4, 0.5) is 0 Å². The van der Waals surface area contributed by atoms with E-state index in [0.29, 0.717) is 11.3 Å². The minimum Gasteiger partial charge on any atom is -0.497 e. The number of methoxy groups -OCH3 is 1. The smallest absolute Gasteiger partial charge is 0.187 e. The van der Waals surface area contributed by atoms with Crippen LogP contribution in [0.3, 0.4) is 0 Å². The molecule has 8 nitrogen and oxygen atoms in total. The molecule has 7 atom stereocenters. The van der Waals surface area contributed by atoms with E-state index in [4.69, 9.17) is 19.3 Å². The first-order valence-corrected chi connectivity index (χ1v) is 7.67. The molecule has 0 aromatic heterocycles. The van der Waals surface area contributed by atoms with E-state index in [2.05, 4.69) is 0 Å². The molecule has 0 amide bonds. The Labute approximate surface area is 139 Å². The molecular weight excluding hydrogens is 320 g/mol. The lowest BCUT2D eigenvalue weighted by atomic mass is 9.99. The van der Waals surface area contributed by atoms with Crippen LogP contribution in [-0.2, 0) is 9.47 Å². The monoisotopic (exact) mass is 344 g/mol. The number of ether oxygens (including phenoxy) is 3. The van der Waals surface area contributed by atoms with Crippen LogP contribution in [0.5, 0.6) is 5.75 Å². The Morgan fingerprint density at radius 3 is 2.25 bits per heavy atom. The van der Waals surface area contributed by atoms with Crippen LogP contribution < -0.4 is 4.74 Å². The van der Waals surface area contributed by atoms with E-state index in [9.17, 15) is 20.4 Å². The summed E-state index contributed by atoms with van der Waals surface area (Å²) in [5.74, 6) is 0.647. The predicted octanol–water partition coefficient (Wildman–Crippen LogP) is -1.07. The number of hydrogen-bond acceptors (Lipinski definition) is 8. The molecule has 1 aromatic rings. The van der Waals surface area contributed by atoms with Crippen molar-refractivity contribution < 1.29 is 39.7 Å². The number of hydrogen-bond donors (Lipinski definition) is 5. The Bertz CT molecular complexity index is 505. The van der Waals surface area contributed by atoms with Gasteiger partial charge in [0.2, 0.25) is 0 Å². The van der Waals surface area contributed by atoms with Gasteiger partial charge in [-0.05, 0) is 24.6 Å². The highest BCUT2D eigenvalue weighted by Gasteiger charge is 2.44. The molecule has 1 aliphatic heterocycles. The topological polar surface area (TPSA) is 129 Å². The molecule has 24 heavy (non-hydrogen) atoms. The zero-order chi connectivity index (χ0) is 17.9. The highest BCUT2D eigenvalue weighted by Crippen LogP contribution is 2.27. The number of benzene rings is 1. The minimum absolute atomic E-state index is 0.541. The van der Waals surface area contributed by atoms with E-state index in [1.165, 1.54) is 7.11 Å². The summed E-state index contributed by atoms with van der Waals surface area (Å²) in [4.78, 5) is 0. The molecule has 0 aliphatic carbocycles. The van der Waals surface area contributed by atoms with E-state index in [0.717, 1.165) is 0 Å². The van der Waals surface area contributed by atoms with Crippen molar-refractivity contribution in [2.75, 3.05) is 13.7 Å². The van der Waals surface area contributed by atoms with Crippen molar-refractivity contribution in [3.8, 4) is 5.75 Å². The van der Waals surface area contributed by atoms with Gasteiger partial charge in [0.25, 0.3) is 0 Å². The summed E-state index contributed by atoms with van der Waals surface area (Å²) in [6.45, 7) is 1.04. The van der Waals surface area contributed by atoms with Crippen LogP contribution >= 0.6 is 0 Å². The van der Waals surface area contributed by atoms with Gasteiger partial charge in [0.15, 0.2) is 6.29 Å². The third kappa shape index (κ3) is 4.04. The molecule has 0 unspecified atom stereocenters. The lowest BCUT2D eigenvalue weighted by molar-refractivity contribution is -0.315. The average Bonchev–Trinajstić information content (AvgIpc) is 2.61. The van der Waals surface area contributed by atoms with Crippen molar-refractivity contribution in [1.82, 2.24) is 0 Å². The summed E-state index contributed by atoms with van der Waals surface area (Å²) in [6, 6.07) is 6.74. The SMILES string of the molecule is COc1ccc([C@H](O)[C@@H](C)O[C@H]2O[C@@H](CO)[C@@H](O)[C@@H](O)[C@@H]2O)cc1. The van der Waals surface area contributed by atoms with E-state index in [1.807, 2.05) is 0 Å². The van der Waals surface area contributed by atoms with E-state index >= 15 is 0 Å². The second-order valence-corrected chi connectivity index (χ2v) is 5.76. The zero-order valence-corrected chi connectivity index (χ0v) is 13.5. The van der Waals surface area contributed by atoms with Crippen LogP contribution in [0, 0.1) is 0 Å². The third-order valence-corrected chi connectivity index (χ3v) is 4.10. The number of aliphatic hydroxyl groups is 5. The van der Waals surface area contributed by atoms with E-state index < -0.39 is 49.5 Å².